The van der Waals surface area contributed by atoms with Crippen LogP contribution in [0, 0.1) is 11.8 Å². The molecule has 1 aliphatic carbocycles. The monoisotopic (exact) mass is 621 g/mol. The van der Waals surface area contributed by atoms with Crippen molar-refractivity contribution in [3.63, 3.8) is 0 Å². The summed E-state index contributed by atoms with van der Waals surface area (Å²) in [7, 11) is 0. The number of hydrogen-bond acceptors (Lipinski definition) is 7. The lowest BCUT2D eigenvalue weighted by atomic mass is 9.82. The zero-order valence-electron chi connectivity index (χ0n) is 27.7. The molecule has 1 fully saturated rings. The fourth-order valence-corrected chi connectivity index (χ4v) is 5.61. The molecule has 3 rings (SSSR count). The van der Waals surface area contributed by atoms with E-state index in [9.17, 15) is 19.2 Å². The molecule has 0 radical (unpaired) electrons. The Morgan fingerprint density at radius 1 is 0.756 bits per heavy atom. The van der Waals surface area contributed by atoms with E-state index in [-0.39, 0.29) is 54.7 Å². The topological polar surface area (TPSA) is 99.2 Å². The van der Waals surface area contributed by atoms with Crippen LogP contribution in [0.4, 0.5) is 0 Å². The van der Waals surface area contributed by atoms with Gasteiger partial charge >= 0.3 is 11.9 Å². The number of esters is 2. The van der Waals surface area contributed by atoms with Crippen LogP contribution in [0.25, 0.3) is 0 Å². The molecule has 8 nitrogen and oxygen atoms in total. The maximum Gasteiger partial charge on any atom is 0.309 e. The molecular formula is C37H51NO7. The van der Waals surface area contributed by atoms with Gasteiger partial charge in [-0.15, -0.1) is 0 Å². The van der Waals surface area contributed by atoms with Gasteiger partial charge in [0.25, 0.3) is 5.91 Å². The summed E-state index contributed by atoms with van der Waals surface area (Å²) in [5.41, 5.74) is 0.672. The normalized spacial score (nSPS) is 16.7. The molecule has 8 heteroatoms. The third-order valence-corrected chi connectivity index (χ3v) is 9.19. The molecule has 0 heterocycles. The van der Waals surface area contributed by atoms with Gasteiger partial charge in [0.15, 0.2) is 5.78 Å². The van der Waals surface area contributed by atoms with Crippen LogP contribution in [0.15, 0.2) is 54.6 Å². The number of hydrogen-bond donors (Lipinski definition) is 0. The van der Waals surface area contributed by atoms with Gasteiger partial charge in [0, 0.05) is 17.7 Å². The Kier molecular flexibility index (Phi) is 14.2. The highest BCUT2D eigenvalue weighted by Gasteiger charge is 2.35. The molecule has 45 heavy (non-hydrogen) atoms. The number of carbonyl (C=O) groups is 4. The molecule has 2 aromatic carbocycles. The van der Waals surface area contributed by atoms with E-state index in [1.165, 1.54) is 0 Å². The summed E-state index contributed by atoms with van der Waals surface area (Å²) >= 11 is 0. The highest BCUT2D eigenvalue weighted by molar-refractivity contribution is 6.15. The van der Waals surface area contributed by atoms with Crippen LogP contribution in [-0.4, -0.2) is 66.5 Å². The molecule has 1 amide bonds. The Hall–Kier alpha value is -3.52. The minimum atomic E-state index is -0.454. The van der Waals surface area contributed by atoms with E-state index in [1.54, 1.807) is 53.4 Å². The molecule has 0 spiro atoms. The standard InChI is InChI=1S/C37H51NO7/c1-6-30(7-2)43-25-23-38(34(40)32-18-14-13-17-31(32)33(39)27-15-11-10-12-16-27)24-26-44-35(41)28-19-21-29(22-20-28)36(42)45-37(5,8-3)9-4/h10-18,28-30H,6-9,19-26H2,1-5H3. The van der Waals surface area contributed by atoms with Crippen molar-refractivity contribution in [3.8, 4) is 0 Å². The number of ether oxygens (including phenoxy) is 3. The number of carbonyl (C=O) groups excluding carboxylic acids is 4. The maximum absolute atomic E-state index is 13.9. The van der Waals surface area contributed by atoms with E-state index in [0.29, 0.717) is 55.5 Å². The molecule has 0 saturated heterocycles. The SMILES string of the molecule is CCC(CC)OCCN(CCOC(=O)C1CCC(C(=O)OC(C)(CC)CC)CC1)C(=O)c1ccccc1C(=O)c1ccccc1. The molecule has 0 aliphatic heterocycles. The van der Waals surface area contributed by atoms with Gasteiger partial charge < -0.3 is 19.1 Å². The van der Waals surface area contributed by atoms with Crippen molar-refractivity contribution in [1.29, 1.82) is 0 Å². The molecule has 0 unspecified atom stereocenters. The van der Waals surface area contributed by atoms with Gasteiger partial charge in [-0.3, -0.25) is 19.2 Å². The first-order valence-corrected chi connectivity index (χ1v) is 16.6. The second-order valence-corrected chi connectivity index (χ2v) is 12.1. The fourth-order valence-electron chi connectivity index (χ4n) is 5.61. The summed E-state index contributed by atoms with van der Waals surface area (Å²) < 4.78 is 17.5. The predicted molar refractivity (Wildman–Crippen MR) is 174 cm³/mol. The van der Waals surface area contributed by atoms with Crippen LogP contribution in [-0.2, 0) is 23.8 Å². The van der Waals surface area contributed by atoms with Crippen LogP contribution in [0.2, 0.25) is 0 Å². The Labute approximate surface area is 268 Å². The van der Waals surface area contributed by atoms with Crippen LogP contribution >= 0.6 is 0 Å². The minimum Gasteiger partial charge on any atom is -0.464 e. The molecule has 2 aromatic rings. The molecule has 0 bridgehead atoms. The molecule has 0 atom stereocenters. The van der Waals surface area contributed by atoms with E-state index < -0.39 is 5.60 Å². The van der Waals surface area contributed by atoms with E-state index in [1.807, 2.05) is 26.8 Å². The summed E-state index contributed by atoms with van der Waals surface area (Å²) in [5.74, 6) is -1.52. The zero-order valence-corrected chi connectivity index (χ0v) is 27.7. The fraction of sp³-hybridized carbons (Fsp3) is 0.568. The largest absolute Gasteiger partial charge is 0.464 e. The summed E-state index contributed by atoms with van der Waals surface area (Å²) in [6, 6.07) is 15.7. The van der Waals surface area contributed by atoms with Gasteiger partial charge in [0.05, 0.1) is 36.7 Å². The quantitative estimate of drug-likeness (QED) is 0.138. The van der Waals surface area contributed by atoms with Crippen molar-refractivity contribution in [2.45, 2.75) is 97.7 Å². The number of amides is 1. The average molecular weight is 622 g/mol. The van der Waals surface area contributed by atoms with Gasteiger partial charge in [-0.05, 0) is 64.4 Å². The first-order chi connectivity index (χ1) is 21.7. The van der Waals surface area contributed by atoms with Crippen molar-refractivity contribution >= 4 is 23.6 Å². The molecular weight excluding hydrogens is 570 g/mol. The Morgan fingerprint density at radius 2 is 1.29 bits per heavy atom. The number of benzene rings is 2. The average Bonchev–Trinajstić information content (AvgIpc) is 3.09. The number of ketones is 1. The first-order valence-electron chi connectivity index (χ1n) is 16.6. The Balaban J connectivity index is 1.63. The Bertz CT molecular complexity index is 1240. The van der Waals surface area contributed by atoms with Crippen molar-refractivity contribution in [2.24, 2.45) is 11.8 Å². The van der Waals surface area contributed by atoms with Crippen LogP contribution in [0.5, 0.6) is 0 Å². The summed E-state index contributed by atoms with van der Waals surface area (Å²) in [4.78, 5) is 54.5. The molecule has 246 valence electrons. The van der Waals surface area contributed by atoms with Gasteiger partial charge in [-0.1, -0.05) is 76.2 Å². The smallest absolute Gasteiger partial charge is 0.309 e. The maximum atomic E-state index is 13.9. The lowest BCUT2D eigenvalue weighted by Crippen LogP contribution is -2.39. The highest BCUT2D eigenvalue weighted by Crippen LogP contribution is 2.32. The van der Waals surface area contributed by atoms with E-state index in [2.05, 4.69) is 13.8 Å². The van der Waals surface area contributed by atoms with Crippen molar-refractivity contribution in [3.05, 3.63) is 71.3 Å². The van der Waals surface area contributed by atoms with Gasteiger partial charge in [0.2, 0.25) is 0 Å². The minimum absolute atomic E-state index is 0.0255. The van der Waals surface area contributed by atoms with Gasteiger partial charge in [-0.2, -0.15) is 0 Å². The third-order valence-electron chi connectivity index (χ3n) is 9.19. The van der Waals surface area contributed by atoms with Crippen molar-refractivity contribution in [2.75, 3.05) is 26.3 Å². The first kappa shape index (κ1) is 36.0. The van der Waals surface area contributed by atoms with E-state index in [0.717, 1.165) is 25.7 Å². The van der Waals surface area contributed by atoms with Crippen molar-refractivity contribution in [1.82, 2.24) is 4.90 Å². The van der Waals surface area contributed by atoms with Crippen molar-refractivity contribution < 1.29 is 33.4 Å². The van der Waals surface area contributed by atoms with E-state index >= 15 is 0 Å². The lowest BCUT2D eigenvalue weighted by molar-refractivity contribution is -0.167. The van der Waals surface area contributed by atoms with Gasteiger partial charge in [0.1, 0.15) is 12.2 Å². The molecule has 1 saturated carbocycles. The molecule has 1 aliphatic rings. The predicted octanol–water partition coefficient (Wildman–Crippen LogP) is 7.04. The van der Waals surface area contributed by atoms with Crippen LogP contribution in [0.3, 0.4) is 0 Å². The van der Waals surface area contributed by atoms with Gasteiger partial charge in [-0.25, -0.2) is 0 Å². The molecule has 0 aromatic heterocycles. The summed E-state index contributed by atoms with van der Waals surface area (Å²) in [5, 5.41) is 0. The molecule has 0 N–H and O–H groups in total. The number of rotatable bonds is 17. The second kappa shape index (κ2) is 17.8. The third kappa shape index (κ3) is 10.2. The highest BCUT2D eigenvalue weighted by atomic mass is 16.6. The summed E-state index contributed by atoms with van der Waals surface area (Å²) in [6.07, 6.45) is 5.66. The van der Waals surface area contributed by atoms with E-state index in [4.69, 9.17) is 14.2 Å². The summed E-state index contributed by atoms with van der Waals surface area (Å²) in [6.45, 7) is 10.9. The van der Waals surface area contributed by atoms with Crippen LogP contribution in [0.1, 0.15) is 112 Å². The van der Waals surface area contributed by atoms with Crippen LogP contribution < -0.4 is 0 Å². The number of nitrogens with zero attached hydrogens (tertiary/aromatic N) is 1. The zero-order chi connectivity index (χ0) is 32.8. The second-order valence-electron chi connectivity index (χ2n) is 12.1. The lowest BCUT2D eigenvalue weighted by Gasteiger charge is -2.32. The Morgan fingerprint density at radius 3 is 1.87 bits per heavy atom.